The summed E-state index contributed by atoms with van der Waals surface area (Å²) in [6.45, 7) is 6.33. The summed E-state index contributed by atoms with van der Waals surface area (Å²) in [5.74, 6) is 0. The van der Waals surface area contributed by atoms with Crippen molar-refractivity contribution in [3.05, 3.63) is 24.0 Å². The molecule has 4 heteroatoms. The summed E-state index contributed by atoms with van der Waals surface area (Å²) in [6, 6.07) is 5.62. The molecule has 17 heavy (non-hydrogen) atoms. The van der Waals surface area contributed by atoms with Crippen molar-refractivity contribution in [1.82, 2.24) is 9.88 Å². The van der Waals surface area contributed by atoms with Crippen LogP contribution in [0.1, 0.15) is 19.5 Å². The van der Waals surface area contributed by atoms with Crippen molar-refractivity contribution in [3.63, 3.8) is 0 Å². The van der Waals surface area contributed by atoms with Gasteiger partial charge in [0.25, 0.3) is 0 Å². The van der Waals surface area contributed by atoms with Crippen LogP contribution in [-0.2, 0) is 0 Å². The molecule has 0 radical (unpaired) electrons. The molecule has 0 aliphatic carbocycles. The average Bonchev–Trinajstić information content (AvgIpc) is 2.25. The van der Waals surface area contributed by atoms with E-state index in [0.717, 1.165) is 18.8 Å². The first kappa shape index (κ1) is 13.5. The zero-order chi connectivity index (χ0) is 12.9. The lowest BCUT2D eigenvalue weighted by molar-refractivity contribution is 0.254. The Kier molecular flexibility index (Phi) is 4.47. The topological polar surface area (TPSA) is 52.0 Å². The Morgan fingerprint density at radius 2 is 2.12 bits per heavy atom. The first-order chi connectivity index (χ1) is 7.93. The number of rotatable bonds is 5. The summed E-state index contributed by atoms with van der Waals surface area (Å²) in [5, 5.41) is 12.0. The van der Waals surface area contributed by atoms with Crippen LogP contribution >= 0.6 is 0 Å². The van der Waals surface area contributed by atoms with Crippen LogP contribution in [0.4, 0.5) is 5.69 Å². The Morgan fingerprint density at radius 3 is 2.59 bits per heavy atom. The van der Waals surface area contributed by atoms with Gasteiger partial charge >= 0.3 is 0 Å². The molecule has 92 valence electrons. The van der Waals surface area contributed by atoms with Gasteiger partial charge in [-0.25, -0.2) is 4.98 Å². The van der Waals surface area contributed by atoms with Gasteiger partial charge in [-0.3, -0.25) is 0 Å². The highest BCUT2D eigenvalue weighted by Gasteiger charge is 2.18. The van der Waals surface area contributed by atoms with E-state index in [1.807, 2.05) is 12.1 Å². The smallest absolute Gasteiger partial charge is 0.140 e. The molecule has 0 bridgehead atoms. The maximum atomic E-state index is 8.65. The highest BCUT2D eigenvalue weighted by atomic mass is 15.1. The second-order valence-corrected chi connectivity index (χ2v) is 5.30. The van der Waals surface area contributed by atoms with Crippen LogP contribution in [0.2, 0.25) is 0 Å². The van der Waals surface area contributed by atoms with Gasteiger partial charge in [0.1, 0.15) is 11.8 Å². The number of anilines is 1. The Balaban J connectivity index is 2.52. The summed E-state index contributed by atoms with van der Waals surface area (Å²) in [6.07, 6.45) is 1.70. The maximum Gasteiger partial charge on any atom is 0.140 e. The van der Waals surface area contributed by atoms with Gasteiger partial charge in [-0.15, -0.1) is 0 Å². The van der Waals surface area contributed by atoms with Crippen LogP contribution in [0.3, 0.4) is 0 Å². The third-order valence-corrected chi connectivity index (χ3v) is 2.39. The van der Waals surface area contributed by atoms with E-state index in [0.29, 0.717) is 5.69 Å². The Hall–Kier alpha value is -1.60. The fourth-order valence-electron chi connectivity index (χ4n) is 1.82. The van der Waals surface area contributed by atoms with Crippen molar-refractivity contribution in [2.45, 2.75) is 13.8 Å². The van der Waals surface area contributed by atoms with Gasteiger partial charge in [0.05, 0.1) is 11.9 Å². The molecule has 0 atom stereocenters. The van der Waals surface area contributed by atoms with Crippen LogP contribution in [0, 0.1) is 16.7 Å². The number of nitrogens with zero attached hydrogens (tertiary/aromatic N) is 3. The molecule has 4 nitrogen and oxygen atoms in total. The molecule has 1 N–H and O–H groups in total. The van der Waals surface area contributed by atoms with Gasteiger partial charge in [0, 0.05) is 13.1 Å². The number of nitriles is 1. The van der Waals surface area contributed by atoms with Crippen LogP contribution < -0.4 is 5.32 Å². The molecule has 1 aromatic heterocycles. The standard InChI is InChI=1S/C13H20N4/c1-13(2,10-17(3)4)9-16-12-6-5-11(7-14)15-8-12/h5-6,8,16H,9-10H2,1-4H3. The van der Waals surface area contributed by atoms with Crippen molar-refractivity contribution in [2.75, 3.05) is 32.5 Å². The van der Waals surface area contributed by atoms with E-state index in [2.05, 4.69) is 43.1 Å². The number of nitrogens with one attached hydrogen (secondary N) is 1. The second-order valence-electron chi connectivity index (χ2n) is 5.30. The molecule has 0 aliphatic heterocycles. The lowest BCUT2D eigenvalue weighted by Crippen LogP contribution is -2.34. The Labute approximate surface area is 103 Å². The normalized spacial score (nSPS) is 11.3. The third-order valence-electron chi connectivity index (χ3n) is 2.39. The predicted molar refractivity (Wildman–Crippen MR) is 69.8 cm³/mol. The largest absolute Gasteiger partial charge is 0.383 e. The molecule has 0 spiro atoms. The Morgan fingerprint density at radius 1 is 1.41 bits per heavy atom. The summed E-state index contributed by atoms with van der Waals surface area (Å²) >= 11 is 0. The van der Waals surface area contributed by atoms with Crippen LogP contribution in [0.15, 0.2) is 18.3 Å². The Bertz CT molecular complexity index is 387. The fraction of sp³-hybridized carbons (Fsp3) is 0.538. The number of hydrogen-bond donors (Lipinski definition) is 1. The van der Waals surface area contributed by atoms with Gasteiger partial charge in [0.15, 0.2) is 0 Å². The predicted octanol–water partition coefficient (Wildman–Crippen LogP) is 1.95. The van der Waals surface area contributed by atoms with Crippen LogP contribution in [-0.4, -0.2) is 37.1 Å². The van der Waals surface area contributed by atoms with Gasteiger partial charge in [0.2, 0.25) is 0 Å². The molecule has 0 aromatic carbocycles. The zero-order valence-electron chi connectivity index (χ0n) is 11.0. The molecule has 1 aromatic rings. The third kappa shape index (κ3) is 4.83. The van der Waals surface area contributed by atoms with Crippen LogP contribution in [0.25, 0.3) is 0 Å². The van der Waals surface area contributed by atoms with Gasteiger partial charge in [-0.1, -0.05) is 13.8 Å². The molecular formula is C13H20N4. The molecule has 0 aliphatic rings. The van der Waals surface area contributed by atoms with Crippen molar-refractivity contribution >= 4 is 5.69 Å². The number of aromatic nitrogens is 1. The minimum atomic E-state index is 0.192. The molecule has 0 unspecified atom stereocenters. The first-order valence-electron chi connectivity index (χ1n) is 5.68. The minimum absolute atomic E-state index is 0.192. The SMILES string of the molecule is CN(C)CC(C)(C)CNc1ccc(C#N)nc1. The van der Waals surface area contributed by atoms with E-state index in [9.17, 15) is 0 Å². The summed E-state index contributed by atoms with van der Waals surface area (Å²) in [4.78, 5) is 6.20. The molecule has 1 heterocycles. The van der Waals surface area contributed by atoms with Crippen molar-refractivity contribution < 1.29 is 0 Å². The van der Waals surface area contributed by atoms with E-state index in [1.54, 1.807) is 12.3 Å². The van der Waals surface area contributed by atoms with Gasteiger partial charge < -0.3 is 10.2 Å². The maximum absolute atomic E-state index is 8.65. The monoisotopic (exact) mass is 232 g/mol. The first-order valence-corrected chi connectivity index (χ1v) is 5.68. The highest BCUT2D eigenvalue weighted by Crippen LogP contribution is 2.17. The van der Waals surface area contributed by atoms with Gasteiger partial charge in [-0.05, 0) is 31.6 Å². The molecular weight excluding hydrogens is 212 g/mol. The summed E-state index contributed by atoms with van der Waals surface area (Å²) < 4.78 is 0. The van der Waals surface area contributed by atoms with E-state index < -0.39 is 0 Å². The quantitative estimate of drug-likeness (QED) is 0.843. The molecule has 0 saturated heterocycles. The lowest BCUT2D eigenvalue weighted by Gasteiger charge is -2.28. The fourth-order valence-corrected chi connectivity index (χ4v) is 1.82. The molecule has 1 rings (SSSR count). The average molecular weight is 232 g/mol. The second kappa shape index (κ2) is 5.65. The summed E-state index contributed by atoms with van der Waals surface area (Å²) in [5.41, 5.74) is 1.59. The van der Waals surface area contributed by atoms with E-state index >= 15 is 0 Å². The lowest BCUT2D eigenvalue weighted by atomic mass is 9.93. The zero-order valence-corrected chi connectivity index (χ0v) is 11.0. The van der Waals surface area contributed by atoms with E-state index in [-0.39, 0.29) is 5.41 Å². The molecule has 0 saturated carbocycles. The van der Waals surface area contributed by atoms with Crippen molar-refractivity contribution in [1.29, 1.82) is 5.26 Å². The van der Waals surface area contributed by atoms with Crippen molar-refractivity contribution in [2.24, 2.45) is 5.41 Å². The molecule has 0 fully saturated rings. The minimum Gasteiger partial charge on any atom is -0.383 e. The van der Waals surface area contributed by atoms with Crippen molar-refractivity contribution in [3.8, 4) is 6.07 Å². The van der Waals surface area contributed by atoms with E-state index in [1.165, 1.54) is 0 Å². The van der Waals surface area contributed by atoms with E-state index in [4.69, 9.17) is 5.26 Å². The molecule has 0 amide bonds. The van der Waals surface area contributed by atoms with Gasteiger partial charge in [-0.2, -0.15) is 5.26 Å². The number of hydrogen-bond acceptors (Lipinski definition) is 4. The summed E-state index contributed by atoms with van der Waals surface area (Å²) in [7, 11) is 4.15. The van der Waals surface area contributed by atoms with Crippen LogP contribution in [0.5, 0.6) is 0 Å². The highest BCUT2D eigenvalue weighted by molar-refractivity contribution is 5.42. The number of pyridine rings is 1.